The molecule has 0 aliphatic carbocycles. The fourth-order valence-electron chi connectivity index (χ4n) is 0. The van der Waals surface area contributed by atoms with Gasteiger partial charge in [0.25, 0.3) is 0 Å². The molecule has 0 radical (unpaired) electrons. The minimum absolute atomic E-state index is 0. The van der Waals surface area contributed by atoms with Crippen LogP contribution in [0.4, 0.5) is 0 Å². The molecule has 0 bridgehead atoms. The molecule has 40 valence electrons. The first-order valence-corrected chi connectivity index (χ1v) is 6.61. The summed E-state index contributed by atoms with van der Waals surface area (Å²) in [6.07, 6.45) is 0. The van der Waals surface area contributed by atoms with E-state index in [4.69, 9.17) is 0 Å². The normalized spacial score (nSPS) is 4.40. The number of hydrogen-bond acceptors (Lipinski definition) is 0. The third-order valence-corrected chi connectivity index (χ3v) is 0. The molecule has 0 aromatic heterocycles. The van der Waals surface area contributed by atoms with Gasteiger partial charge in [-0.05, 0) is 0 Å². The summed E-state index contributed by atoms with van der Waals surface area (Å²) < 4.78 is 0. The van der Waals surface area contributed by atoms with Crippen molar-refractivity contribution >= 4 is 41.0 Å². The first kappa shape index (κ1) is 15.8. The first-order valence-electron chi connectivity index (χ1n) is 0.239. The molecule has 0 saturated heterocycles. The van der Waals surface area contributed by atoms with E-state index in [1.54, 1.807) is 8.07 Å². The molecule has 0 fully saturated rings. The van der Waals surface area contributed by atoms with Gasteiger partial charge < -0.3 is 11.0 Å². The molecule has 4 N–H and O–H groups in total. The van der Waals surface area contributed by atoms with Gasteiger partial charge in [0.15, 0.2) is 0 Å². The van der Waals surface area contributed by atoms with E-state index in [0.29, 0.717) is 0 Å². The second-order valence-corrected chi connectivity index (χ2v) is 8.38. The zero-order valence-corrected chi connectivity index (χ0v) is 7.37. The summed E-state index contributed by atoms with van der Waals surface area (Å²) in [6, 6.07) is 0. The van der Waals surface area contributed by atoms with Crippen LogP contribution in [0.3, 0.4) is 0 Å². The van der Waals surface area contributed by atoms with Crippen LogP contribution in [0.1, 0.15) is 0 Å². The zero-order chi connectivity index (χ0) is 2.71. The fourth-order valence-corrected chi connectivity index (χ4v) is 0. The van der Waals surface area contributed by atoms with Crippen LogP contribution in [0.2, 0.25) is 0 Å². The Bertz CT molecular complexity index is 7.61. The van der Waals surface area contributed by atoms with E-state index < -0.39 is 0 Å². The second-order valence-electron chi connectivity index (χ2n) is 0.0452. The summed E-state index contributed by atoms with van der Waals surface area (Å²) in [4.78, 5) is 0. The Morgan fingerprint density at radius 3 is 1.00 bits per heavy atom. The Morgan fingerprint density at radius 2 is 1.00 bits per heavy atom. The van der Waals surface area contributed by atoms with E-state index in [2.05, 4.69) is 41.0 Å². The number of halogens is 2. The molecule has 0 aromatic carbocycles. The van der Waals surface area contributed by atoms with Crippen LogP contribution < -0.4 is 0 Å². The molecule has 5 heteroatoms. The summed E-state index contributed by atoms with van der Waals surface area (Å²) >= 11 is 4.43. The van der Waals surface area contributed by atoms with Gasteiger partial charge in [0, 0.05) is 0 Å². The van der Waals surface area contributed by atoms with Gasteiger partial charge >= 0.3 is 49.0 Å². The number of hydrogen-bond donors (Lipinski definition) is 0. The second kappa shape index (κ2) is 16.9. The van der Waals surface area contributed by atoms with Crippen molar-refractivity contribution < 1.29 is 19.0 Å². The van der Waals surface area contributed by atoms with Crippen molar-refractivity contribution in [3.63, 3.8) is 0 Å². The first-order chi connectivity index (χ1) is 1.41. The SMILES string of the molecule is O.O.[I][Ni][I]. The van der Waals surface area contributed by atoms with Crippen LogP contribution in [-0.2, 0) is 8.07 Å². The molecule has 0 aromatic rings. The Labute approximate surface area is 59.3 Å². The molecule has 0 amide bonds. The van der Waals surface area contributed by atoms with E-state index in [9.17, 15) is 0 Å². The quantitative estimate of drug-likeness (QED) is 0.441. The molecular weight excluding hydrogens is 344 g/mol. The van der Waals surface area contributed by atoms with Gasteiger partial charge in [-0.1, -0.05) is 0 Å². The van der Waals surface area contributed by atoms with Gasteiger partial charge in [-0.25, -0.2) is 0 Å². The molecule has 0 aliphatic rings. The minimum atomic E-state index is 0. The Balaban J connectivity index is -0.0000000200. The molecule has 0 rings (SSSR count). The van der Waals surface area contributed by atoms with Gasteiger partial charge in [-0.2, -0.15) is 0 Å². The zero-order valence-electron chi connectivity index (χ0n) is 2.07. The molecule has 0 saturated carbocycles. The van der Waals surface area contributed by atoms with Gasteiger partial charge in [0.05, 0.1) is 0 Å². The predicted molar refractivity (Wildman–Crippen MR) is 35.3 cm³/mol. The standard InChI is InChI=1S/2HI.Ni.2H2O/h2*1H;;2*1H2/q;;+2;;/p-2. The summed E-state index contributed by atoms with van der Waals surface area (Å²) in [6.45, 7) is 0. The van der Waals surface area contributed by atoms with Gasteiger partial charge in [0.1, 0.15) is 0 Å². The van der Waals surface area contributed by atoms with Gasteiger partial charge in [0.2, 0.25) is 0 Å². The van der Waals surface area contributed by atoms with Crippen molar-refractivity contribution in [1.29, 1.82) is 0 Å². The summed E-state index contributed by atoms with van der Waals surface area (Å²) in [5.74, 6) is 0. The van der Waals surface area contributed by atoms with Crippen LogP contribution in [0.5, 0.6) is 0 Å². The van der Waals surface area contributed by atoms with Crippen molar-refractivity contribution in [2.45, 2.75) is 0 Å². The van der Waals surface area contributed by atoms with Crippen molar-refractivity contribution in [1.82, 2.24) is 0 Å². The van der Waals surface area contributed by atoms with Crippen LogP contribution in [0, 0.1) is 0 Å². The van der Waals surface area contributed by atoms with Crippen molar-refractivity contribution in [3.05, 3.63) is 0 Å². The monoisotopic (exact) mass is 348 g/mol. The average Bonchev–Trinajstić information content (AvgIpc) is 0.918. The van der Waals surface area contributed by atoms with Gasteiger partial charge in [-0.15, -0.1) is 0 Å². The molecule has 0 atom stereocenters. The third-order valence-electron chi connectivity index (χ3n) is 0. The van der Waals surface area contributed by atoms with Crippen LogP contribution in [0.25, 0.3) is 0 Å². The Kier molecular flexibility index (Phi) is 53.4. The third kappa shape index (κ3) is 25.1. The van der Waals surface area contributed by atoms with Crippen LogP contribution >= 0.6 is 41.0 Å². The Hall–Kier alpha value is 1.87. The fraction of sp³-hybridized carbons (Fsp3) is 0. The topological polar surface area (TPSA) is 63.0 Å². The molecular formula is H4I2NiO2. The average molecular weight is 349 g/mol. The van der Waals surface area contributed by atoms with Crippen molar-refractivity contribution in [3.8, 4) is 0 Å². The summed E-state index contributed by atoms with van der Waals surface area (Å²) in [5, 5.41) is 0. The van der Waals surface area contributed by atoms with E-state index >= 15 is 0 Å². The molecule has 0 aliphatic heterocycles. The van der Waals surface area contributed by atoms with E-state index in [1.807, 2.05) is 0 Å². The maximum atomic E-state index is 2.21. The molecule has 2 nitrogen and oxygen atoms in total. The summed E-state index contributed by atoms with van der Waals surface area (Å²) in [5.41, 5.74) is 0. The van der Waals surface area contributed by atoms with Crippen LogP contribution in [-0.4, -0.2) is 11.0 Å². The predicted octanol–water partition coefficient (Wildman–Crippen LogP) is 0.120. The van der Waals surface area contributed by atoms with Crippen molar-refractivity contribution in [2.24, 2.45) is 0 Å². The molecule has 0 heterocycles. The van der Waals surface area contributed by atoms with E-state index in [-0.39, 0.29) is 11.0 Å². The van der Waals surface area contributed by atoms with Crippen LogP contribution in [0.15, 0.2) is 0 Å². The maximum absolute atomic E-state index is 2.21. The summed E-state index contributed by atoms with van der Waals surface area (Å²) in [7, 11) is 1.56. The van der Waals surface area contributed by atoms with E-state index in [1.165, 1.54) is 0 Å². The number of rotatable bonds is 0. The van der Waals surface area contributed by atoms with Gasteiger partial charge in [-0.3, -0.25) is 0 Å². The van der Waals surface area contributed by atoms with E-state index in [0.717, 1.165) is 0 Å². The van der Waals surface area contributed by atoms with Crippen molar-refractivity contribution in [2.75, 3.05) is 0 Å². The Morgan fingerprint density at radius 1 is 1.00 bits per heavy atom. The molecule has 0 unspecified atom stereocenters. The molecule has 5 heavy (non-hydrogen) atoms. The molecule has 0 spiro atoms.